The Balaban J connectivity index is 2.45. The van der Waals surface area contributed by atoms with E-state index in [1.165, 1.54) is 16.7 Å². The van der Waals surface area contributed by atoms with Crippen LogP contribution in [0.3, 0.4) is 0 Å². The third kappa shape index (κ3) is 2.06. The van der Waals surface area contributed by atoms with Gasteiger partial charge in [0, 0.05) is 0 Å². The second-order valence-electron chi connectivity index (χ2n) is 3.84. The van der Waals surface area contributed by atoms with Crippen molar-refractivity contribution in [1.82, 2.24) is 0 Å². The fourth-order valence-corrected chi connectivity index (χ4v) is 1.91. The lowest BCUT2D eigenvalue weighted by atomic mass is 9.97. The Hall–Kier alpha value is -1.82. The standard InChI is InChI=1S/C16H16/c1-3-13-9-11-15(12-10-13)16-8-6-5-7-14(16)4-2/h3,5-12H,1,4H2,2H3. The highest BCUT2D eigenvalue weighted by Crippen LogP contribution is 2.24. The van der Waals surface area contributed by atoms with Gasteiger partial charge in [-0.1, -0.05) is 68.1 Å². The predicted molar refractivity (Wildman–Crippen MR) is 71.3 cm³/mol. The highest BCUT2D eigenvalue weighted by Gasteiger charge is 2.01. The summed E-state index contributed by atoms with van der Waals surface area (Å²) in [4.78, 5) is 0. The molecule has 0 aliphatic carbocycles. The Kier molecular flexibility index (Phi) is 3.21. The summed E-state index contributed by atoms with van der Waals surface area (Å²) in [5, 5.41) is 0. The molecule has 0 spiro atoms. The van der Waals surface area contributed by atoms with Crippen LogP contribution in [0.2, 0.25) is 0 Å². The van der Waals surface area contributed by atoms with E-state index in [1.807, 2.05) is 6.08 Å². The zero-order chi connectivity index (χ0) is 11.4. The van der Waals surface area contributed by atoms with E-state index in [4.69, 9.17) is 0 Å². The van der Waals surface area contributed by atoms with Gasteiger partial charge in [-0.05, 0) is 28.7 Å². The first kappa shape index (κ1) is 10.7. The monoisotopic (exact) mass is 208 g/mol. The molecule has 0 aliphatic rings. The second-order valence-corrected chi connectivity index (χ2v) is 3.84. The van der Waals surface area contributed by atoms with Crippen LogP contribution in [0.1, 0.15) is 18.1 Å². The Bertz CT molecular complexity index is 478. The number of rotatable bonds is 3. The van der Waals surface area contributed by atoms with E-state index in [0.717, 1.165) is 12.0 Å². The van der Waals surface area contributed by atoms with Crippen molar-refractivity contribution in [2.45, 2.75) is 13.3 Å². The van der Waals surface area contributed by atoms with Crippen molar-refractivity contribution in [3.8, 4) is 11.1 Å². The SMILES string of the molecule is C=Cc1ccc(-c2ccccc2CC)cc1. The molecule has 0 heteroatoms. The first-order chi connectivity index (χ1) is 7.85. The molecular weight excluding hydrogens is 192 g/mol. The van der Waals surface area contributed by atoms with Crippen molar-refractivity contribution >= 4 is 6.08 Å². The fourth-order valence-electron chi connectivity index (χ4n) is 1.91. The molecule has 0 N–H and O–H groups in total. The highest BCUT2D eigenvalue weighted by molar-refractivity contribution is 5.68. The van der Waals surface area contributed by atoms with E-state index in [1.54, 1.807) is 0 Å². The minimum atomic E-state index is 1.07. The summed E-state index contributed by atoms with van der Waals surface area (Å²) in [6, 6.07) is 17.1. The van der Waals surface area contributed by atoms with Crippen molar-refractivity contribution in [3.63, 3.8) is 0 Å². The molecule has 0 nitrogen and oxygen atoms in total. The van der Waals surface area contributed by atoms with Crippen LogP contribution in [-0.4, -0.2) is 0 Å². The molecule has 0 radical (unpaired) electrons. The van der Waals surface area contributed by atoms with Gasteiger partial charge in [-0.2, -0.15) is 0 Å². The Labute approximate surface area is 97.3 Å². The molecule has 2 aromatic carbocycles. The molecule has 0 aromatic heterocycles. The third-order valence-electron chi connectivity index (χ3n) is 2.86. The molecule has 0 heterocycles. The fraction of sp³-hybridized carbons (Fsp3) is 0.125. The van der Waals surface area contributed by atoms with Crippen molar-refractivity contribution in [3.05, 3.63) is 66.2 Å². The van der Waals surface area contributed by atoms with Crippen molar-refractivity contribution in [2.75, 3.05) is 0 Å². The molecule has 0 saturated heterocycles. The van der Waals surface area contributed by atoms with Crippen LogP contribution in [-0.2, 0) is 6.42 Å². The molecule has 0 fully saturated rings. The molecule has 0 bridgehead atoms. The lowest BCUT2D eigenvalue weighted by molar-refractivity contribution is 1.14. The number of hydrogen-bond donors (Lipinski definition) is 0. The lowest BCUT2D eigenvalue weighted by Gasteiger charge is -2.07. The van der Waals surface area contributed by atoms with Crippen molar-refractivity contribution in [2.24, 2.45) is 0 Å². The molecular formula is C16H16. The first-order valence-corrected chi connectivity index (χ1v) is 5.66. The lowest BCUT2D eigenvalue weighted by Crippen LogP contribution is -1.86. The smallest absolute Gasteiger partial charge is 0.0152 e. The summed E-state index contributed by atoms with van der Waals surface area (Å²) < 4.78 is 0. The highest BCUT2D eigenvalue weighted by atomic mass is 14.1. The van der Waals surface area contributed by atoms with Gasteiger partial charge in [-0.25, -0.2) is 0 Å². The molecule has 2 aromatic rings. The van der Waals surface area contributed by atoms with Gasteiger partial charge < -0.3 is 0 Å². The van der Waals surface area contributed by atoms with E-state index < -0.39 is 0 Å². The molecule has 80 valence electrons. The van der Waals surface area contributed by atoms with Crippen LogP contribution in [0.4, 0.5) is 0 Å². The van der Waals surface area contributed by atoms with Crippen molar-refractivity contribution in [1.29, 1.82) is 0 Å². The van der Waals surface area contributed by atoms with Gasteiger partial charge in [-0.3, -0.25) is 0 Å². The van der Waals surface area contributed by atoms with Gasteiger partial charge in [0.2, 0.25) is 0 Å². The molecule has 16 heavy (non-hydrogen) atoms. The maximum atomic E-state index is 3.77. The molecule has 0 atom stereocenters. The summed E-state index contributed by atoms with van der Waals surface area (Å²) in [5.74, 6) is 0. The molecule has 0 saturated carbocycles. The van der Waals surface area contributed by atoms with Crippen LogP contribution < -0.4 is 0 Å². The quantitative estimate of drug-likeness (QED) is 0.693. The molecule has 0 amide bonds. The summed E-state index contributed by atoms with van der Waals surface area (Å²) in [6.45, 7) is 5.96. The van der Waals surface area contributed by atoms with Crippen molar-refractivity contribution < 1.29 is 0 Å². The van der Waals surface area contributed by atoms with Crippen LogP contribution in [0, 0.1) is 0 Å². The normalized spacial score (nSPS) is 10.1. The van der Waals surface area contributed by atoms with Gasteiger partial charge in [-0.15, -0.1) is 0 Å². The topological polar surface area (TPSA) is 0 Å². The summed E-state index contributed by atoms with van der Waals surface area (Å²) >= 11 is 0. The molecule has 2 rings (SSSR count). The summed E-state index contributed by atoms with van der Waals surface area (Å²) in [6.07, 6.45) is 2.94. The summed E-state index contributed by atoms with van der Waals surface area (Å²) in [5.41, 5.74) is 5.18. The second kappa shape index (κ2) is 4.80. The maximum Gasteiger partial charge on any atom is -0.0152 e. The third-order valence-corrected chi connectivity index (χ3v) is 2.86. The minimum absolute atomic E-state index is 1.07. The number of benzene rings is 2. The van der Waals surface area contributed by atoms with E-state index in [2.05, 4.69) is 62.0 Å². The molecule has 0 unspecified atom stereocenters. The number of hydrogen-bond acceptors (Lipinski definition) is 0. The number of aryl methyl sites for hydroxylation is 1. The van der Waals surface area contributed by atoms with E-state index in [9.17, 15) is 0 Å². The largest absolute Gasteiger partial charge is 0.0985 e. The Morgan fingerprint density at radius 1 is 1.00 bits per heavy atom. The average Bonchev–Trinajstić information content (AvgIpc) is 2.39. The molecule has 0 aliphatic heterocycles. The van der Waals surface area contributed by atoms with E-state index >= 15 is 0 Å². The van der Waals surface area contributed by atoms with E-state index in [-0.39, 0.29) is 0 Å². The minimum Gasteiger partial charge on any atom is -0.0985 e. The average molecular weight is 208 g/mol. The zero-order valence-corrected chi connectivity index (χ0v) is 9.61. The van der Waals surface area contributed by atoms with Crippen LogP contribution in [0.15, 0.2) is 55.1 Å². The zero-order valence-electron chi connectivity index (χ0n) is 9.61. The summed E-state index contributed by atoms with van der Waals surface area (Å²) in [7, 11) is 0. The Morgan fingerprint density at radius 3 is 2.31 bits per heavy atom. The van der Waals surface area contributed by atoms with Crippen LogP contribution in [0.25, 0.3) is 17.2 Å². The van der Waals surface area contributed by atoms with Gasteiger partial charge in [0.1, 0.15) is 0 Å². The van der Waals surface area contributed by atoms with Gasteiger partial charge in [0.05, 0.1) is 0 Å². The van der Waals surface area contributed by atoms with E-state index in [0.29, 0.717) is 0 Å². The van der Waals surface area contributed by atoms with Gasteiger partial charge in [0.15, 0.2) is 0 Å². The maximum absolute atomic E-state index is 3.77. The Morgan fingerprint density at radius 2 is 1.69 bits per heavy atom. The van der Waals surface area contributed by atoms with Gasteiger partial charge >= 0.3 is 0 Å². The van der Waals surface area contributed by atoms with Crippen LogP contribution >= 0.6 is 0 Å². The predicted octanol–water partition coefficient (Wildman–Crippen LogP) is 4.56. The first-order valence-electron chi connectivity index (χ1n) is 5.66. The van der Waals surface area contributed by atoms with Crippen LogP contribution in [0.5, 0.6) is 0 Å². The van der Waals surface area contributed by atoms with Gasteiger partial charge in [0.25, 0.3) is 0 Å².